The van der Waals surface area contributed by atoms with E-state index >= 15 is 0 Å². The van der Waals surface area contributed by atoms with Crippen LogP contribution in [-0.2, 0) is 6.54 Å². The van der Waals surface area contributed by atoms with Gasteiger partial charge in [-0.3, -0.25) is 0 Å². The Kier molecular flexibility index (Phi) is 3.55. The molecule has 0 aliphatic rings. The third-order valence-corrected chi connectivity index (χ3v) is 3.62. The van der Waals surface area contributed by atoms with E-state index in [9.17, 15) is 4.39 Å². The third kappa shape index (κ3) is 2.47. The number of hydrogen-bond acceptors (Lipinski definition) is 2. The van der Waals surface area contributed by atoms with Gasteiger partial charge in [0.15, 0.2) is 0 Å². The summed E-state index contributed by atoms with van der Waals surface area (Å²) in [7, 11) is 0. The van der Waals surface area contributed by atoms with Crippen LogP contribution in [0.3, 0.4) is 0 Å². The fraction of sp³-hybridized carbons (Fsp3) is 0.188. The molecule has 108 valence electrons. The summed E-state index contributed by atoms with van der Waals surface area (Å²) < 4.78 is 16.2. The summed E-state index contributed by atoms with van der Waals surface area (Å²) in [5.74, 6) is 0.252. The van der Waals surface area contributed by atoms with Crippen molar-refractivity contribution in [2.45, 2.75) is 19.9 Å². The van der Waals surface area contributed by atoms with E-state index in [2.05, 4.69) is 11.9 Å². The molecule has 0 saturated carbocycles. The molecule has 0 spiro atoms. The summed E-state index contributed by atoms with van der Waals surface area (Å²) in [5.41, 5.74) is 8.41. The number of aryl methyl sites for hydroxylation is 1. The number of rotatable bonds is 3. The number of nitrogens with zero attached hydrogens (tertiary/aromatic N) is 2. The second kappa shape index (κ2) is 5.37. The minimum absolute atomic E-state index is 0.331. The Labute approximate surface area is 127 Å². The molecule has 3 rings (SSSR count). The second-order valence-electron chi connectivity index (χ2n) is 4.96. The van der Waals surface area contributed by atoms with Gasteiger partial charge in [0.2, 0.25) is 0 Å². The summed E-state index contributed by atoms with van der Waals surface area (Å²) in [6.45, 7) is 2.82. The molecular formula is C16H15ClFN3. The smallest absolute Gasteiger partial charge is 0.144 e. The first-order valence-corrected chi connectivity index (χ1v) is 7.19. The zero-order chi connectivity index (χ0) is 15.0. The lowest BCUT2D eigenvalue weighted by molar-refractivity contribution is 0.625. The summed E-state index contributed by atoms with van der Waals surface area (Å²) >= 11 is 6.02. The standard InChI is InChI=1S/C16H15ClFN3/c1-2-7-21-15-6-3-10(17)8-14(15)20-16(21)12-9-11(19)4-5-13(12)18/h3-6,8-9H,2,7,19H2,1H3. The Morgan fingerprint density at radius 1 is 1.24 bits per heavy atom. The van der Waals surface area contributed by atoms with Crippen LogP contribution in [0.15, 0.2) is 36.4 Å². The van der Waals surface area contributed by atoms with Crippen molar-refractivity contribution >= 4 is 28.3 Å². The van der Waals surface area contributed by atoms with Crippen LogP contribution in [0.4, 0.5) is 10.1 Å². The number of benzene rings is 2. The molecule has 5 heteroatoms. The van der Waals surface area contributed by atoms with Crippen LogP contribution in [0.2, 0.25) is 5.02 Å². The zero-order valence-electron chi connectivity index (χ0n) is 11.6. The molecule has 0 amide bonds. The molecule has 0 saturated heterocycles. The average molecular weight is 304 g/mol. The molecule has 3 nitrogen and oxygen atoms in total. The van der Waals surface area contributed by atoms with E-state index in [0.717, 1.165) is 24.0 Å². The summed E-state index contributed by atoms with van der Waals surface area (Å²) in [6.07, 6.45) is 0.922. The highest BCUT2D eigenvalue weighted by Gasteiger charge is 2.16. The quantitative estimate of drug-likeness (QED) is 0.725. The zero-order valence-corrected chi connectivity index (χ0v) is 12.4. The van der Waals surface area contributed by atoms with Gasteiger partial charge in [-0.15, -0.1) is 0 Å². The highest BCUT2D eigenvalue weighted by molar-refractivity contribution is 6.31. The van der Waals surface area contributed by atoms with Gasteiger partial charge in [0.25, 0.3) is 0 Å². The van der Waals surface area contributed by atoms with Crippen LogP contribution in [0.25, 0.3) is 22.4 Å². The number of aromatic nitrogens is 2. The van der Waals surface area contributed by atoms with E-state index in [1.165, 1.54) is 6.07 Å². The normalized spacial score (nSPS) is 11.2. The Morgan fingerprint density at radius 3 is 2.81 bits per heavy atom. The first-order chi connectivity index (χ1) is 10.1. The minimum Gasteiger partial charge on any atom is -0.399 e. The van der Waals surface area contributed by atoms with Gasteiger partial charge in [0.05, 0.1) is 16.6 Å². The van der Waals surface area contributed by atoms with Gasteiger partial charge in [-0.2, -0.15) is 0 Å². The van der Waals surface area contributed by atoms with Crippen LogP contribution in [0.5, 0.6) is 0 Å². The Hall–Kier alpha value is -2.07. The van der Waals surface area contributed by atoms with E-state index in [1.54, 1.807) is 18.2 Å². The average Bonchev–Trinajstić information content (AvgIpc) is 2.80. The molecule has 0 radical (unpaired) electrons. The van der Waals surface area contributed by atoms with Crippen molar-refractivity contribution in [1.82, 2.24) is 9.55 Å². The van der Waals surface area contributed by atoms with Gasteiger partial charge in [-0.25, -0.2) is 9.37 Å². The lowest BCUT2D eigenvalue weighted by atomic mass is 10.1. The van der Waals surface area contributed by atoms with E-state index < -0.39 is 0 Å². The van der Waals surface area contributed by atoms with Crippen LogP contribution >= 0.6 is 11.6 Å². The van der Waals surface area contributed by atoms with Crippen molar-refractivity contribution in [2.75, 3.05) is 5.73 Å². The first-order valence-electron chi connectivity index (χ1n) is 6.81. The lowest BCUT2D eigenvalue weighted by Crippen LogP contribution is -2.01. The van der Waals surface area contributed by atoms with Crippen molar-refractivity contribution in [3.8, 4) is 11.4 Å². The van der Waals surface area contributed by atoms with Crippen molar-refractivity contribution in [3.05, 3.63) is 47.2 Å². The predicted octanol–water partition coefficient (Wildman–Crippen LogP) is 4.49. The highest BCUT2D eigenvalue weighted by Crippen LogP contribution is 2.29. The molecule has 0 bridgehead atoms. The molecule has 2 N–H and O–H groups in total. The monoisotopic (exact) mass is 303 g/mol. The number of fused-ring (bicyclic) bond motifs is 1. The Balaban J connectivity index is 2.30. The SMILES string of the molecule is CCCn1c(-c2cc(N)ccc2F)nc2cc(Cl)ccc21. The molecule has 1 aromatic heterocycles. The fourth-order valence-corrected chi connectivity index (χ4v) is 2.64. The van der Waals surface area contributed by atoms with Crippen molar-refractivity contribution < 1.29 is 4.39 Å². The molecule has 21 heavy (non-hydrogen) atoms. The van der Waals surface area contributed by atoms with E-state index in [4.69, 9.17) is 17.3 Å². The van der Waals surface area contributed by atoms with Gasteiger partial charge in [0, 0.05) is 17.3 Å². The van der Waals surface area contributed by atoms with Gasteiger partial charge < -0.3 is 10.3 Å². The molecule has 1 heterocycles. The van der Waals surface area contributed by atoms with Gasteiger partial charge >= 0.3 is 0 Å². The maximum Gasteiger partial charge on any atom is 0.144 e. The molecule has 0 fully saturated rings. The number of halogens is 2. The Morgan fingerprint density at radius 2 is 2.05 bits per heavy atom. The second-order valence-corrected chi connectivity index (χ2v) is 5.40. The maximum atomic E-state index is 14.1. The number of nitrogens with two attached hydrogens (primary N) is 1. The molecule has 2 aromatic carbocycles. The fourth-order valence-electron chi connectivity index (χ4n) is 2.47. The van der Waals surface area contributed by atoms with E-state index in [1.807, 2.05) is 16.7 Å². The van der Waals surface area contributed by atoms with E-state index in [-0.39, 0.29) is 5.82 Å². The van der Waals surface area contributed by atoms with Crippen molar-refractivity contribution in [3.63, 3.8) is 0 Å². The molecule has 0 aliphatic heterocycles. The molecule has 0 atom stereocenters. The predicted molar refractivity (Wildman–Crippen MR) is 84.8 cm³/mol. The maximum absolute atomic E-state index is 14.1. The number of nitrogen functional groups attached to an aromatic ring is 1. The van der Waals surface area contributed by atoms with Crippen LogP contribution < -0.4 is 5.73 Å². The van der Waals surface area contributed by atoms with Gasteiger partial charge in [0.1, 0.15) is 11.6 Å². The third-order valence-electron chi connectivity index (χ3n) is 3.39. The van der Waals surface area contributed by atoms with Crippen LogP contribution in [0.1, 0.15) is 13.3 Å². The van der Waals surface area contributed by atoms with Gasteiger partial charge in [-0.05, 0) is 42.8 Å². The van der Waals surface area contributed by atoms with Crippen LogP contribution in [-0.4, -0.2) is 9.55 Å². The number of hydrogen-bond donors (Lipinski definition) is 1. The Bertz CT molecular complexity index is 811. The molecular weight excluding hydrogens is 289 g/mol. The first kappa shape index (κ1) is 13.9. The summed E-state index contributed by atoms with van der Waals surface area (Å²) in [6, 6.07) is 10.0. The lowest BCUT2D eigenvalue weighted by Gasteiger charge is -2.09. The topological polar surface area (TPSA) is 43.8 Å². The summed E-state index contributed by atoms with van der Waals surface area (Å²) in [5, 5.41) is 0.614. The molecule has 3 aromatic rings. The largest absolute Gasteiger partial charge is 0.399 e. The minimum atomic E-state index is -0.331. The summed E-state index contributed by atoms with van der Waals surface area (Å²) in [4.78, 5) is 4.55. The van der Waals surface area contributed by atoms with E-state index in [0.29, 0.717) is 22.1 Å². The number of anilines is 1. The van der Waals surface area contributed by atoms with Crippen LogP contribution in [0, 0.1) is 5.82 Å². The highest BCUT2D eigenvalue weighted by atomic mass is 35.5. The molecule has 0 unspecified atom stereocenters. The molecule has 0 aliphatic carbocycles. The van der Waals surface area contributed by atoms with Crippen molar-refractivity contribution in [1.29, 1.82) is 0 Å². The number of imidazole rings is 1. The van der Waals surface area contributed by atoms with Crippen molar-refractivity contribution in [2.24, 2.45) is 0 Å². The van der Waals surface area contributed by atoms with Gasteiger partial charge in [-0.1, -0.05) is 18.5 Å².